The van der Waals surface area contributed by atoms with Crippen molar-refractivity contribution in [2.24, 2.45) is 0 Å². The van der Waals surface area contributed by atoms with Crippen LogP contribution in [0, 0.1) is 0 Å². The van der Waals surface area contributed by atoms with E-state index in [4.69, 9.17) is 11.6 Å². The Hall–Kier alpha value is -1.56. The predicted octanol–water partition coefficient (Wildman–Crippen LogP) is 5.15. The third-order valence-corrected chi connectivity index (χ3v) is 5.77. The minimum absolute atomic E-state index is 0.0231. The summed E-state index contributed by atoms with van der Waals surface area (Å²) >= 11 is 9.29. The van der Waals surface area contributed by atoms with Crippen LogP contribution < -0.4 is 5.56 Å². The second kappa shape index (κ2) is 6.91. The van der Waals surface area contributed by atoms with Crippen molar-refractivity contribution in [2.45, 2.75) is 23.9 Å². The largest absolute Gasteiger partial charge is 0.283 e. The van der Waals surface area contributed by atoms with Crippen LogP contribution in [-0.2, 0) is 6.54 Å². The Labute approximate surface area is 147 Å². The molecule has 0 radical (unpaired) electrons. The van der Waals surface area contributed by atoms with Crippen molar-refractivity contribution in [1.82, 2.24) is 9.55 Å². The van der Waals surface area contributed by atoms with E-state index >= 15 is 0 Å². The number of rotatable bonds is 5. The third kappa shape index (κ3) is 3.22. The van der Waals surface area contributed by atoms with Gasteiger partial charge in [0.05, 0.1) is 5.39 Å². The van der Waals surface area contributed by atoms with E-state index in [1.807, 2.05) is 35.7 Å². The van der Waals surface area contributed by atoms with Crippen molar-refractivity contribution >= 4 is 44.9 Å². The molecule has 0 aliphatic heterocycles. The van der Waals surface area contributed by atoms with Gasteiger partial charge in [0.2, 0.25) is 0 Å². The lowest BCUT2D eigenvalue weighted by Gasteiger charge is -2.16. The van der Waals surface area contributed by atoms with E-state index in [0.29, 0.717) is 17.1 Å². The predicted molar refractivity (Wildman–Crippen MR) is 99.8 cm³/mol. The van der Waals surface area contributed by atoms with E-state index < -0.39 is 0 Å². The summed E-state index contributed by atoms with van der Waals surface area (Å²) in [4.78, 5) is 18.1. The average molecular weight is 363 g/mol. The van der Waals surface area contributed by atoms with E-state index in [-0.39, 0.29) is 10.8 Å². The molecule has 0 spiro atoms. The molecule has 1 unspecified atom stereocenters. The summed E-state index contributed by atoms with van der Waals surface area (Å²) in [5.41, 5.74) is 1.01. The summed E-state index contributed by atoms with van der Waals surface area (Å²) in [7, 11) is 0. The molecule has 0 saturated carbocycles. The second-order valence-electron chi connectivity index (χ2n) is 5.02. The van der Waals surface area contributed by atoms with Crippen molar-refractivity contribution in [3.63, 3.8) is 0 Å². The zero-order valence-corrected chi connectivity index (χ0v) is 14.9. The van der Waals surface area contributed by atoms with Crippen molar-refractivity contribution in [2.75, 3.05) is 0 Å². The molecule has 0 aliphatic rings. The van der Waals surface area contributed by atoms with Crippen molar-refractivity contribution < 1.29 is 0 Å². The topological polar surface area (TPSA) is 34.9 Å². The third-order valence-electron chi connectivity index (χ3n) is 3.49. The first kappa shape index (κ1) is 16.3. The maximum Gasteiger partial charge on any atom is 0.263 e. The fourth-order valence-electron chi connectivity index (χ4n) is 2.34. The van der Waals surface area contributed by atoms with Crippen LogP contribution in [-0.4, -0.2) is 9.55 Å². The molecule has 118 valence electrons. The molecule has 3 nitrogen and oxygen atoms in total. The van der Waals surface area contributed by atoms with Gasteiger partial charge in [0.1, 0.15) is 4.83 Å². The van der Waals surface area contributed by atoms with Crippen molar-refractivity contribution in [3.05, 3.63) is 69.3 Å². The normalized spacial score (nSPS) is 12.4. The number of hydrogen-bond acceptors (Lipinski definition) is 4. The molecule has 0 amide bonds. The number of benzene rings is 1. The molecule has 3 aromatic rings. The highest BCUT2D eigenvalue weighted by atomic mass is 35.5. The minimum atomic E-state index is -0.0231. The van der Waals surface area contributed by atoms with Crippen LogP contribution in [0.3, 0.4) is 0 Å². The van der Waals surface area contributed by atoms with Crippen LogP contribution in [0.25, 0.3) is 10.2 Å². The maximum atomic E-state index is 12.6. The Morgan fingerprint density at radius 2 is 2.22 bits per heavy atom. The first-order chi connectivity index (χ1) is 11.1. The quantitative estimate of drug-likeness (QED) is 0.357. The van der Waals surface area contributed by atoms with Crippen LogP contribution in [0.4, 0.5) is 0 Å². The van der Waals surface area contributed by atoms with E-state index in [1.165, 1.54) is 23.1 Å². The van der Waals surface area contributed by atoms with Crippen LogP contribution in [0.2, 0.25) is 5.02 Å². The molecule has 0 saturated heterocycles. The Kier molecular flexibility index (Phi) is 4.90. The van der Waals surface area contributed by atoms with Crippen molar-refractivity contribution in [1.29, 1.82) is 0 Å². The van der Waals surface area contributed by atoms with Gasteiger partial charge in [0.25, 0.3) is 5.56 Å². The SMILES string of the molecule is C=CCn1c(SC(C)c2ccccc2Cl)nc2sccc2c1=O. The summed E-state index contributed by atoms with van der Waals surface area (Å²) in [6.07, 6.45) is 1.71. The van der Waals surface area contributed by atoms with Crippen LogP contribution in [0.5, 0.6) is 0 Å². The minimum Gasteiger partial charge on any atom is -0.283 e. The van der Waals surface area contributed by atoms with Gasteiger partial charge in [-0.05, 0) is 30.0 Å². The van der Waals surface area contributed by atoms with E-state index in [9.17, 15) is 4.79 Å². The van der Waals surface area contributed by atoms with Crippen molar-refractivity contribution in [3.8, 4) is 0 Å². The van der Waals surface area contributed by atoms with Gasteiger partial charge < -0.3 is 0 Å². The molecular weight excluding hydrogens is 348 g/mol. The molecular formula is C17H15ClN2OS2. The number of thioether (sulfide) groups is 1. The van der Waals surface area contributed by atoms with E-state index in [1.54, 1.807) is 10.6 Å². The molecule has 6 heteroatoms. The number of halogens is 1. The Bertz CT molecular complexity index is 916. The summed E-state index contributed by atoms with van der Waals surface area (Å²) in [5, 5.41) is 4.05. The molecule has 0 bridgehead atoms. The molecule has 23 heavy (non-hydrogen) atoms. The van der Waals surface area contributed by atoms with E-state index in [0.717, 1.165) is 15.4 Å². The summed E-state index contributed by atoms with van der Waals surface area (Å²) in [6, 6.07) is 9.57. The van der Waals surface area contributed by atoms with Gasteiger partial charge in [-0.1, -0.05) is 47.6 Å². The fraction of sp³-hybridized carbons (Fsp3) is 0.176. The lowest BCUT2D eigenvalue weighted by Crippen LogP contribution is -2.22. The Balaban J connectivity index is 2.05. The number of nitrogens with zero attached hydrogens (tertiary/aromatic N) is 2. The number of fused-ring (bicyclic) bond motifs is 1. The van der Waals surface area contributed by atoms with Gasteiger partial charge in [-0.15, -0.1) is 17.9 Å². The zero-order valence-electron chi connectivity index (χ0n) is 12.5. The second-order valence-corrected chi connectivity index (χ2v) is 7.63. The Morgan fingerprint density at radius 1 is 1.43 bits per heavy atom. The Morgan fingerprint density at radius 3 is 2.96 bits per heavy atom. The monoisotopic (exact) mass is 362 g/mol. The molecule has 2 aromatic heterocycles. The lowest BCUT2D eigenvalue weighted by atomic mass is 10.2. The zero-order chi connectivity index (χ0) is 16.4. The summed E-state index contributed by atoms with van der Waals surface area (Å²) in [5.74, 6) is 0. The molecule has 2 heterocycles. The molecule has 3 rings (SSSR count). The number of thiophene rings is 1. The highest BCUT2D eigenvalue weighted by Crippen LogP contribution is 2.37. The number of aromatic nitrogens is 2. The molecule has 0 aliphatic carbocycles. The fourth-order valence-corrected chi connectivity index (χ4v) is 4.59. The smallest absolute Gasteiger partial charge is 0.263 e. The first-order valence-electron chi connectivity index (χ1n) is 7.12. The van der Waals surface area contributed by atoms with Gasteiger partial charge in [-0.25, -0.2) is 4.98 Å². The van der Waals surface area contributed by atoms with Gasteiger partial charge in [-0.3, -0.25) is 9.36 Å². The standard InChI is InChI=1S/C17H15ClN2OS2/c1-3-9-20-16(21)13-8-10-22-15(13)19-17(20)23-11(2)12-6-4-5-7-14(12)18/h3-8,10-11H,1,9H2,2H3. The summed E-state index contributed by atoms with van der Waals surface area (Å²) in [6.45, 7) is 6.25. The van der Waals surface area contributed by atoms with E-state index in [2.05, 4.69) is 18.5 Å². The average Bonchev–Trinajstić information content (AvgIpc) is 3.00. The molecule has 0 fully saturated rings. The van der Waals surface area contributed by atoms with Crippen LogP contribution in [0.15, 0.2) is 58.3 Å². The van der Waals surface area contributed by atoms with Gasteiger partial charge >= 0.3 is 0 Å². The lowest BCUT2D eigenvalue weighted by molar-refractivity contribution is 0.671. The highest BCUT2D eigenvalue weighted by molar-refractivity contribution is 7.99. The molecule has 0 N–H and O–H groups in total. The van der Waals surface area contributed by atoms with Gasteiger partial charge in [0.15, 0.2) is 5.16 Å². The summed E-state index contributed by atoms with van der Waals surface area (Å²) < 4.78 is 1.67. The molecule has 1 atom stereocenters. The van der Waals surface area contributed by atoms with Crippen LogP contribution >= 0.6 is 34.7 Å². The molecule has 1 aromatic carbocycles. The number of hydrogen-bond donors (Lipinski definition) is 0. The highest BCUT2D eigenvalue weighted by Gasteiger charge is 2.17. The van der Waals surface area contributed by atoms with Gasteiger partial charge in [0, 0.05) is 16.8 Å². The van der Waals surface area contributed by atoms with Crippen LogP contribution in [0.1, 0.15) is 17.7 Å². The maximum absolute atomic E-state index is 12.6. The number of allylic oxidation sites excluding steroid dienone is 1. The van der Waals surface area contributed by atoms with Gasteiger partial charge in [-0.2, -0.15) is 0 Å². The first-order valence-corrected chi connectivity index (χ1v) is 9.25.